The third kappa shape index (κ3) is 4.00. The maximum Gasteiger partial charge on any atom is 0.244 e. The Morgan fingerprint density at radius 2 is 2.11 bits per heavy atom. The summed E-state index contributed by atoms with van der Waals surface area (Å²) in [5.41, 5.74) is 6.36. The fourth-order valence-corrected chi connectivity index (χ4v) is 3.04. The number of aromatic amines is 1. The van der Waals surface area contributed by atoms with E-state index in [1.165, 1.54) is 0 Å². The molecule has 0 aliphatic heterocycles. The largest absolute Gasteiger partial charge is 0.325 e. The molecular weight excluding hydrogens is 266 g/mol. The van der Waals surface area contributed by atoms with Gasteiger partial charge in [0.15, 0.2) is 0 Å². The Kier molecular flexibility index (Phi) is 5.48. The summed E-state index contributed by atoms with van der Waals surface area (Å²) in [4.78, 5) is 2.23. The lowest BCUT2D eigenvalue weighted by atomic mass is 10.3. The van der Waals surface area contributed by atoms with Gasteiger partial charge in [-0.2, -0.15) is 5.10 Å². The van der Waals surface area contributed by atoms with Gasteiger partial charge < -0.3 is 10.6 Å². The van der Waals surface area contributed by atoms with Gasteiger partial charge >= 0.3 is 0 Å². The van der Waals surface area contributed by atoms with Crippen molar-refractivity contribution in [1.29, 1.82) is 0 Å². The number of H-pyrrole nitrogens is 1. The molecule has 0 fully saturated rings. The molecule has 1 aromatic heterocycles. The number of nitrogens with two attached hydrogens (primary N) is 1. The summed E-state index contributed by atoms with van der Waals surface area (Å²) in [5.74, 6) is 0. The van der Waals surface area contributed by atoms with E-state index in [0.29, 0.717) is 30.5 Å². The third-order valence-corrected chi connectivity index (χ3v) is 4.72. The van der Waals surface area contributed by atoms with Crippen LogP contribution in [0.5, 0.6) is 0 Å². The number of sulfonamides is 1. The van der Waals surface area contributed by atoms with Crippen molar-refractivity contribution in [2.45, 2.75) is 38.3 Å². The Bertz CT molecular complexity index is 509. The van der Waals surface area contributed by atoms with Gasteiger partial charge in [0, 0.05) is 25.7 Å². The molecule has 110 valence electrons. The Hall–Kier alpha value is -0.960. The van der Waals surface area contributed by atoms with Crippen LogP contribution in [-0.2, 0) is 16.6 Å². The highest BCUT2D eigenvalue weighted by molar-refractivity contribution is 7.89. The summed E-state index contributed by atoms with van der Waals surface area (Å²) < 4.78 is 27.0. The van der Waals surface area contributed by atoms with Crippen molar-refractivity contribution in [1.82, 2.24) is 19.8 Å². The summed E-state index contributed by atoms with van der Waals surface area (Å²) >= 11 is 0. The smallest absolute Gasteiger partial charge is 0.244 e. The van der Waals surface area contributed by atoms with Gasteiger partial charge in [0.2, 0.25) is 10.0 Å². The first-order valence-electron chi connectivity index (χ1n) is 6.23. The zero-order valence-electron chi connectivity index (χ0n) is 11.9. The molecule has 0 spiro atoms. The number of nitrogens with zero attached hydrogens (tertiary/aromatic N) is 2. The quantitative estimate of drug-likeness (QED) is 0.644. The number of aryl methyl sites for hydroxylation is 1. The highest BCUT2D eigenvalue weighted by atomic mass is 32.2. The van der Waals surface area contributed by atoms with E-state index >= 15 is 0 Å². The van der Waals surface area contributed by atoms with E-state index in [9.17, 15) is 8.42 Å². The molecule has 0 saturated heterocycles. The second kappa shape index (κ2) is 6.47. The standard InChI is InChI=1S/C11H23N5O2S/c1-8(2)16(4)6-5-13-19(17,18)11-9(3)14-15-10(11)7-12/h8,13H,5-7,12H2,1-4H3,(H,14,15). The molecule has 0 aliphatic rings. The predicted molar refractivity (Wildman–Crippen MR) is 74.2 cm³/mol. The van der Waals surface area contributed by atoms with E-state index in [1.54, 1.807) is 6.92 Å². The molecular formula is C11H23N5O2S. The van der Waals surface area contributed by atoms with Crippen molar-refractivity contribution in [3.63, 3.8) is 0 Å². The average Bonchev–Trinajstić information content (AvgIpc) is 2.70. The van der Waals surface area contributed by atoms with E-state index in [-0.39, 0.29) is 11.4 Å². The number of hydrogen-bond donors (Lipinski definition) is 3. The Morgan fingerprint density at radius 1 is 1.47 bits per heavy atom. The van der Waals surface area contributed by atoms with Crippen LogP contribution in [0.1, 0.15) is 25.2 Å². The first kappa shape index (κ1) is 16.1. The first-order chi connectivity index (χ1) is 8.79. The zero-order valence-corrected chi connectivity index (χ0v) is 12.7. The van der Waals surface area contributed by atoms with Crippen molar-refractivity contribution in [2.75, 3.05) is 20.1 Å². The van der Waals surface area contributed by atoms with Gasteiger partial charge in [0.1, 0.15) is 4.90 Å². The van der Waals surface area contributed by atoms with Crippen LogP contribution in [0.25, 0.3) is 0 Å². The Balaban J connectivity index is 2.74. The lowest BCUT2D eigenvalue weighted by molar-refractivity contribution is 0.278. The summed E-state index contributed by atoms with van der Waals surface area (Å²) in [7, 11) is -1.61. The molecule has 0 atom stereocenters. The summed E-state index contributed by atoms with van der Waals surface area (Å²) in [5, 5.41) is 6.54. The molecule has 0 saturated carbocycles. The molecule has 19 heavy (non-hydrogen) atoms. The molecule has 1 rings (SSSR count). The summed E-state index contributed by atoms with van der Waals surface area (Å²) in [6.07, 6.45) is 0. The average molecular weight is 289 g/mol. The van der Waals surface area contributed by atoms with Gasteiger partial charge in [-0.05, 0) is 27.8 Å². The predicted octanol–water partition coefficient (Wildman–Crippen LogP) is -0.205. The maximum atomic E-state index is 12.2. The van der Waals surface area contributed by atoms with Crippen LogP contribution in [-0.4, -0.2) is 49.7 Å². The monoisotopic (exact) mass is 289 g/mol. The second-order valence-electron chi connectivity index (χ2n) is 4.80. The highest BCUT2D eigenvalue weighted by Crippen LogP contribution is 2.16. The van der Waals surface area contributed by atoms with Crippen LogP contribution in [0.15, 0.2) is 4.90 Å². The van der Waals surface area contributed by atoms with E-state index < -0.39 is 10.0 Å². The summed E-state index contributed by atoms with van der Waals surface area (Å²) in [6, 6.07) is 0.375. The first-order valence-corrected chi connectivity index (χ1v) is 7.71. The van der Waals surface area contributed by atoms with Gasteiger partial charge in [-0.15, -0.1) is 0 Å². The van der Waals surface area contributed by atoms with Gasteiger partial charge in [0.25, 0.3) is 0 Å². The molecule has 1 heterocycles. The lowest BCUT2D eigenvalue weighted by Gasteiger charge is -2.20. The van der Waals surface area contributed by atoms with E-state index in [1.807, 2.05) is 7.05 Å². The number of likely N-dealkylation sites (N-methyl/N-ethyl adjacent to an activating group) is 1. The third-order valence-electron chi connectivity index (χ3n) is 3.06. The second-order valence-corrected chi connectivity index (χ2v) is 6.50. The normalized spacial score (nSPS) is 12.6. The lowest BCUT2D eigenvalue weighted by Crippen LogP contribution is -2.36. The molecule has 0 bridgehead atoms. The topological polar surface area (TPSA) is 104 Å². The van der Waals surface area contributed by atoms with Crippen LogP contribution in [0.2, 0.25) is 0 Å². The number of nitrogens with one attached hydrogen (secondary N) is 2. The Morgan fingerprint density at radius 3 is 2.63 bits per heavy atom. The fourth-order valence-electron chi connectivity index (χ4n) is 1.65. The van der Waals surface area contributed by atoms with Crippen molar-refractivity contribution >= 4 is 10.0 Å². The van der Waals surface area contributed by atoms with Crippen LogP contribution in [0.3, 0.4) is 0 Å². The maximum absolute atomic E-state index is 12.2. The van der Waals surface area contributed by atoms with Crippen LogP contribution in [0.4, 0.5) is 0 Å². The molecule has 0 aliphatic carbocycles. The van der Waals surface area contributed by atoms with Crippen molar-refractivity contribution in [3.8, 4) is 0 Å². The SMILES string of the molecule is Cc1[nH]nc(CN)c1S(=O)(=O)NCCN(C)C(C)C. The molecule has 8 heteroatoms. The van der Waals surface area contributed by atoms with Crippen molar-refractivity contribution < 1.29 is 8.42 Å². The van der Waals surface area contributed by atoms with Crippen LogP contribution in [0, 0.1) is 6.92 Å². The molecule has 7 nitrogen and oxygen atoms in total. The van der Waals surface area contributed by atoms with Crippen molar-refractivity contribution in [3.05, 3.63) is 11.4 Å². The van der Waals surface area contributed by atoms with Gasteiger partial charge in [-0.3, -0.25) is 5.10 Å². The van der Waals surface area contributed by atoms with Gasteiger partial charge in [-0.1, -0.05) is 0 Å². The Labute approximate surface area is 114 Å². The molecule has 4 N–H and O–H groups in total. The van der Waals surface area contributed by atoms with Gasteiger partial charge in [-0.25, -0.2) is 13.1 Å². The molecule has 0 unspecified atom stereocenters. The van der Waals surface area contributed by atoms with Crippen LogP contribution < -0.4 is 10.5 Å². The van der Waals surface area contributed by atoms with E-state index in [2.05, 4.69) is 33.7 Å². The number of aromatic nitrogens is 2. The molecule has 1 aromatic rings. The molecule has 0 aromatic carbocycles. The summed E-state index contributed by atoms with van der Waals surface area (Å²) in [6.45, 7) is 6.87. The van der Waals surface area contributed by atoms with E-state index in [0.717, 1.165) is 0 Å². The van der Waals surface area contributed by atoms with E-state index in [4.69, 9.17) is 5.73 Å². The molecule has 0 amide bonds. The van der Waals surface area contributed by atoms with Crippen molar-refractivity contribution in [2.24, 2.45) is 5.73 Å². The minimum Gasteiger partial charge on any atom is -0.325 e. The van der Waals surface area contributed by atoms with Crippen LogP contribution >= 0.6 is 0 Å². The highest BCUT2D eigenvalue weighted by Gasteiger charge is 2.23. The fraction of sp³-hybridized carbons (Fsp3) is 0.727. The zero-order chi connectivity index (χ0) is 14.6. The minimum atomic E-state index is -3.56. The number of rotatable bonds is 7. The molecule has 0 radical (unpaired) electrons. The number of hydrogen-bond acceptors (Lipinski definition) is 5. The minimum absolute atomic E-state index is 0.0898. The van der Waals surface area contributed by atoms with Gasteiger partial charge in [0.05, 0.1) is 11.4 Å².